The second-order valence-electron chi connectivity index (χ2n) is 2.78. The van der Waals surface area contributed by atoms with Gasteiger partial charge < -0.3 is 0 Å². The van der Waals surface area contributed by atoms with E-state index >= 15 is 0 Å². The molecule has 0 atom stereocenters. The number of carbonyl (C=O) groups is 1. The third kappa shape index (κ3) is 3.28. The first kappa shape index (κ1) is 10.3. The molecule has 1 aromatic carbocycles. The lowest BCUT2D eigenvalue weighted by Crippen LogP contribution is -1.92. The Morgan fingerprint density at radius 2 is 2.07 bits per heavy atom. The minimum Gasteiger partial charge on any atom is -0.279 e. The SMILES string of the molecule is CC/C=C\C#CC(=O)c1ccccc1. The maximum atomic E-state index is 11.4. The van der Waals surface area contributed by atoms with Crippen LogP contribution >= 0.6 is 0 Å². The minimum absolute atomic E-state index is 0.133. The molecule has 0 aliphatic carbocycles. The number of allylic oxidation sites excluding steroid dienone is 2. The van der Waals surface area contributed by atoms with Crippen LogP contribution in [-0.4, -0.2) is 5.78 Å². The van der Waals surface area contributed by atoms with E-state index in [9.17, 15) is 4.79 Å². The molecule has 0 saturated carbocycles. The number of benzene rings is 1. The Kier molecular flexibility index (Phi) is 4.23. The zero-order valence-corrected chi connectivity index (χ0v) is 8.16. The Morgan fingerprint density at radius 3 is 2.71 bits per heavy atom. The molecule has 0 fully saturated rings. The fraction of sp³-hybridized carbons (Fsp3) is 0.154. The molecule has 1 rings (SSSR count). The van der Waals surface area contributed by atoms with Crippen LogP contribution in [0.25, 0.3) is 0 Å². The Balaban J connectivity index is 2.67. The van der Waals surface area contributed by atoms with Gasteiger partial charge in [-0.15, -0.1) is 0 Å². The molecule has 0 N–H and O–H groups in total. The summed E-state index contributed by atoms with van der Waals surface area (Å²) in [7, 11) is 0. The summed E-state index contributed by atoms with van der Waals surface area (Å²) in [4.78, 5) is 11.4. The van der Waals surface area contributed by atoms with Gasteiger partial charge in [0.15, 0.2) is 0 Å². The van der Waals surface area contributed by atoms with Crippen molar-refractivity contribution in [2.75, 3.05) is 0 Å². The molecule has 0 aliphatic heterocycles. The van der Waals surface area contributed by atoms with Gasteiger partial charge in [-0.2, -0.15) is 0 Å². The first-order chi connectivity index (χ1) is 6.84. The van der Waals surface area contributed by atoms with Crippen LogP contribution < -0.4 is 0 Å². The Labute approximate surface area is 84.5 Å². The summed E-state index contributed by atoms with van der Waals surface area (Å²) in [5, 5.41) is 0. The van der Waals surface area contributed by atoms with Gasteiger partial charge in [0.1, 0.15) is 0 Å². The number of hydrogen-bond acceptors (Lipinski definition) is 1. The zero-order valence-electron chi connectivity index (χ0n) is 8.16. The van der Waals surface area contributed by atoms with Crippen molar-refractivity contribution >= 4 is 5.78 Å². The molecule has 0 saturated heterocycles. The normalized spacial score (nSPS) is 9.50. The highest BCUT2D eigenvalue weighted by Crippen LogP contribution is 1.98. The van der Waals surface area contributed by atoms with E-state index < -0.39 is 0 Å². The van der Waals surface area contributed by atoms with Crippen molar-refractivity contribution in [3.8, 4) is 11.8 Å². The summed E-state index contributed by atoms with van der Waals surface area (Å²) in [6.45, 7) is 2.02. The highest BCUT2D eigenvalue weighted by atomic mass is 16.1. The molecule has 0 unspecified atom stereocenters. The van der Waals surface area contributed by atoms with Crippen LogP contribution in [-0.2, 0) is 0 Å². The molecule has 70 valence electrons. The van der Waals surface area contributed by atoms with Crippen molar-refractivity contribution in [2.45, 2.75) is 13.3 Å². The van der Waals surface area contributed by atoms with Crippen LogP contribution in [0.4, 0.5) is 0 Å². The summed E-state index contributed by atoms with van der Waals surface area (Å²) >= 11 is 0. The maximum absolute atomic E-state index is 11.4. The van der Waals surface area contributed by atoms with Crippen molar-refractivity contribution in [1.82, 2.24) is 0 Å². The van der Waals surface area contributed by atoms with Crippen LogP contribution in [0.1, 0.15) is 23.7 Å². The van der Waals surface area contributed by atoms with Gasteiger partial charge in [0.25, 0.3) is 0 Å². The third-order valence-electron chi connectivity index (χ3n) is 1.66. The molecule has 0 radical (unpaired) electrons. The summed E-state index contributed by atoms with van der Waals surface area (Å²) in [6.07, 6.45) is 4.57. The number of hydrogen-bond donors (Lipinski definition) is 0. The number of ketones is 1. The summed E-state index contributed by atoms with van der Waals surface area (Å²) < 4.78 is 0. The van der Waals surface area contributed by atoms with E-state index in [0.717, 1.165) is 6.42 Å². The molecule has 0 aromatic heterocycles. The second kappa shape index (κ2) is 5.77. The van der Waals surface area contributed by atoms with Crippen LogP contribution in [0.3, 0.4) is 0 Å². The molecule has 0 spiro atoms. The molecule has 0 amide bonds. The van der Waals surface area contributed by atoms with Crippen molar-refractivity contribution in [3.05, 3.63) is 48.0 Å². The lowest BCUT2D eigenvalue weighted by Gasteiger charge is -1.89. The predicted molar refractivity (Wildman–Crippen MR) is 58.0 cm³/mol. The molecular formula is C13H12O. The van der Waals surface area contributed by atoms with Gasteiger partial charge >= 0.3 is 0 Å². The van der Waals surface area contributed by atoms with Crippen LogP contribution in [0.2, 0.25) is 0 Å². The van der Waals surface area contributed by atoms with Crippen LogP contribution in [0.15, 0.2) is 42.5 Å². The van der Waals surface area contributed by atoms with Crippen molar-refractivity contribution in [3.63, 3.8) is 0 Å². The van der Waals surface area contributed by atoms with Crippen molar-refractivity contribution in [1.29, 1.82) is 0 Å². The summed E-state index contributed by atoms with van der Waals surface area (Å²) in [6, 6.07) is 9.07. The van der Waals surface area contributed by atoms with Gasteiger partial charge in [0.2, 0.25) is 5.78 Å². The van der Waals surface area contributed by atoms with E-state index in [1.807, 2.05) is 31.2 Å². The molecular weight excluding hydrogens is 172 g/mol. The largest absolute Gasteiger partial charge is 0.279 e. The van der Waals surface area contributed by atoms with E-state index in [2.05, 4.69) is 11.8 Å². The van der Waals surface area contributed by atoms with E-state index in [0.29, 0.717) is 5.56 Å². The molecule has 14 heavy (non-hydrogen) atoms. The molecule has 0 aliphatic rings. The Hall–Kier alpha value is -1.81. The van der Waals surface area contributed by atoms with Crippen molar-refractivity contribution in [2.24, 2.45) is 0 Å². The highest BCUT2D eigenvalue weighted by molar-refractivity contribution is 6.09. The second-order valence-corrected chi connectivity index (χ2v) is 2.78. The first-order valence-electron chi connectivity index (χ1n) is 4.60. The lowest BCUT2D eigenvalue weighted by atomic mass is 10.1. The monoisotopic (exact) mass is 184 g/mol. The average Bonchev–Trinajstić information content (AvgIpc) is 2.25. The number of rotatable bonds is 2. The fourth-order valence-electron chi connectivity index (χ4n) is 0.946. The summed E-state index contributed by atoms with van der Waals surface area (Å²) in [5.74, 6) is 5.13. The third-order valence-corrected chi connectivity index (χ3v) is 1.66. The molecule has 1 aromatic rings. The first-order valence-corrected chi connectivity index (χ1v) is 4.60. The van der Waals surface area contributed by atoms with Gasteiger partial charge in [-0.3, -0.25) is 4.79 Å². The molecule has 1 nitrogen and oxygen atoms in total. The van der Waals surface area contributed by atoms with Crippen LogP contribution in [0.5, 0.6) is 0 Å². The Bertz CT molecular complexity index is 377. The van der Waals surface area contributed by atoms with Crippen molar-refractivity contribution < 1.29 is 4.79 Å². The highest BCUT2D eigenvalue weighted by Gasteiger charge is 1.97. The predicted octanol–water partition coefficient (Wildman–Crippen LogP) is 2.84. The van der Waals surface area contributed by atoms with Gasteiger partial charge in [0.05, 0.1) is 0 Å². The smallest absolute Gasteiger partial charge is 0.236 e. The lowest BCUT2D eigenvalue weighted by molar-refractivity contribution is 0.105. The van der Waals surface area contributed by atoms with E-state index in [-0.39, 0.29) is 5.78 Å². The molecule has 0 heterocycles. The van der Waals surface area contributed by atoms with Gasteiger partial charge in [-0.25, -0.2) is 0 Å². The number of carbonyl (C=O) groups excluding carboxylic acids is 1. The standard InChI is InChI=1S/C13H12O/c1-2-3-4-8-11-13(14)12-9-6-5-7-10-12/h3-7,9-10H,2H2,1H3/b4-3-. The summed E-state index contributed by atoms with van der Waals surface area (Å²) in [5.41, 5.74) is 0.643. The topological polar surface area (TPSA) is 17.1 Å². The van der Waals surface area contributed by atoms with E-state index in [4.69, 9.17) is 0 Å². The average molecular weight is 184 g/mol. The zero-order chi connectivity index (χ0) is 10.2. The quantitative estimate of drug-likeness (QED) is 0.392. The fourth-order valence-corrected chi connectivity index (χ4v) is 0.946. The van der Waals surface area contributed by atoms with Gasteiger partial charge in [-0.05, 0) is 18.4 Å². The van der Waals surface area contributed by atoms with Crippen LogP contribution in [0, 0.1) is 11.8 Å². The molecule has 0 bridgehead atoms. The maximum Gasteiger partial charge on any atom is 0.236 e. The number of Topliss-reactive ketones (excluding diaryl/α,β-unsaturated/α-hetero) is 1. The van der Waals surface area contributed by atoms with Gasteiger partial charge in [-0.1, -0.05) is 49.3 Å². The Morgan fingerprint density at radius 1 is 1.36 bits per heavy atom. The molecule has 1 heteroatoms. The minimum atomic E-state index is -0.133. The van der Waals surface area contributed by atoms with E-state index in [1.54, 1.807) is 18.2 Å². The van der Waals surface area contributed by atoms with Gasteiger partial charge in [0, 0.05) is 5.56 Å². The van der Waals surface area contributed by atoms with E-state index in [1.165, 1.54) is 0 Å².